The first-order valence-corrected chi connectivity index (χ1v) is 13.6. The molecule has 40 heavy (non-hydrogen) atoms. The predicted molar refractivity (Wildman–Crippen MR) is 151 cm³/mol. The molecule has 3 N–H and O–H groups in total. The van der Waals surface area contributed by atoms with Gasteiger partial charge in [-0.05, 0) is 74.9 Å². The number of amides is 4. The van der Waals surface area contributed by atoms with E-state index in [0.717, 1.165) is 21.9 Å². The van der Waals surface area contributed by atoms with Crippen LogP contribution in [0, 0.1) is 0 Å². The number of hydrogen-bond donors (Lipinski definition) is 2. The lowest BCUT2D eigenvalue weighted by atomic mass is 9.89. The van der Waals surface area contributed by atoms with Gasteiger partial charge in [-0.25, -0.2) is 4.39 Å². The van der Waals surface area contributed by atoms with Crippen molar-refractivity contribution in [2.45, 2.75) is 70.1 Å². The highest BCUT2D eigenvalue weighted by molar-refractivity contribution is 6.27. The van der Waals surface area contributed by atoms with E-state index in [0.29, 0.717) is 43.6 Å². The van der Waals surface area contributed by atoms with Gasteiger partial charge in [0, 0.05) is 43.1 Å². The van der Waals surface area contributed by atoms with Gasteiger partial charge in [-0.1, -0.05) is 18.2 Å². The standard InChI is InChI=1S/C30H34FN5O4/c1-29(2,31)28(40)35-13-11-30(3,12-14-35)33-17-18(16-32)15-19-7-8-22-25-20(19)5-4-6-21(25)27(39)36(22)23-9-10-24(37)34-26(23)38/h4-8,16-17,23H,9-15,32H2,1-3H3,(H,34,37,38)/b18-16-,33-17?. The Morgan fingerprint density at radius 1 is 1.20 bits per heavy atom. The van der Waals surface area contributed by atoms with Crippen molar-refractivity contribution in [3.05, 3.63) is 53.2 Å². The maximum atomic E-state index is 14.1. The van der Waals surface area contributed by atoms with Gasteiger partial charge < -0.3 is 10.6 Å². The summed E-state index contributed by atoms with van der Waals surface area (Å²) in [6, 6.07) is 8.57. The van der Waals surface area contributed by atoms with Gasteiger partial charge >= 0.3 is 0 Å². The fraction of sp³-hybridized carbons (Fsp3) is 0.433. The molecular weight excluding hydrogens is 513 g/mol. The van der Waals surface area contributed by atoms with Crippen molar-refractivity contribution in [1.82, 2.24) is 10.2 Å². The molecule has 3 aliphatic heterocycles. The summed E-state index contributed by atoms with van der Waals surface area (Å²) in [5, 5.41) is 4.01. The van der Waals surface area contributed by atoms with Crippen LogP contribution >= 0.6 is 0 Å². The molecule has 2 fully saturated rings. The molecule has 0 aliphatic carbocycles. The van der Waals surface area contributed by atoms with Gasteiger partial charge in [0.1, 0.15) is 6.04 Å². The molecule has 2 aromatic carbocycles. The van der Waals surface area contributed by atoms with Crippen LogP contribution in [0.5, 0.6) is 0 Å². The summed E-state index contributed by atoms with van der Waals surface area (Å²) >= 11 is 0. The molecule has 4 amide bonds. The Labute approximate surface area is 232 Å². The van der Waals surface area contributed by atoms with Gasteiger partial charge in [-0.3, -0.25) is 34.4 Å². The highest BCUT2D eigenvalue weighted by Gasteiger charge is 2.41. The summed E-state index contributed by atoms with van der Waals surface area (Å²) in [6.07, 6.45) is 5.44. The number of carbonyl (C=O) groups excluding carboxylic acids is 4. The molecule has 10 heteroatoms. The van der Waals surface area contributed by atoms with Crippen molar-refractivity contribution < 1.29 is 23.6 Å². The fourth-order valence-electron chi connectivity index (χ4n) is 5.76. The zero-order valence-corrected chi connectivity index (χ0v) is 23.0. The number of anilines is 1. The van der Waals surface area contributed by atoms with Crippen molar-refractivity contribution in [1.29, 1.82) is 0 Å². The maximum Gasteiger partial charge on any atom is 0.259 e. The summed E-state index contributed by atoms with van der Waals surface area (Å²) in [5.74, 6) is -1.54. The van der Waals surface area contributed by atoms with Crippen molar-refractivity contribution in [3.8, 4) is 0 Å². The number of piperidine rings is 2. The first-order valence-electron chi connectivity index (χ1n) is 13.6. The fourth-order valence-corrected chi connectivity index (χ4v) is 5.76. The van der Waals surface area contributed by atoms with Gasteiger partial charge in [-0.15, -0.1) is 0 Å². The minimum absolute atomic E-state index is 0.183. The summed E-state index contributed by atoms with van der Waals surface area (Å²) < 4.78 is 14.1. The van der Waals surface area contributed by atoms with Crippen LogP contribution in [0.15, 0.2) is 47.1 Å². The molecule has 0 spiro atoms. The lowest BCUT2D eigenvalue weighted by Gasteiger charge is -2.38. The Hall–Kier alpha value is -4.08. The molecule has 210 valence electrons. The summed E-state index contributed by atoms with van der Waals surface area (Å²) in [5.41, 5.74) is 6.62. The number of benzene rings is 2. The number of nitrogens with one attached hydrogen (secondary N) is 1. The normalized spacial score (nSPS) is 21.4. The molecule has 2 saturated heterocycles. The van der Waals surface area contributed by atoms with Crippen LogP contribution in [0.2, 0.25) is 0 Å². The molecule has 1 unspecified atom stereocenters. The van der Waals surface area contributed by atoms with E-state index in [2.05, 4.69) is 5.32 Å². The summed E-state index contributed by atoms with van der Waals surface area (Å²) in [7, 11) is 0. The van der Waals surface area contributed by atoms with E-state index in [1.54, 1.807) is 17.2 Å². The maximum absolute atomic E-state index is 14.1. The highest BCUT2D eigenvalue weighted by Crippen LogP contribution is 2.41. The number of carbonyl (C=O) groups is 4. The topological polar surface area (TPSA) is 125 Å². The average Bonchev–Trinajstić information content (AvgIpc) is 3.20. The van der Waals surface area contributed by atoms with E-state index in [1.165, 1.54) is 24.9 Å². The third-order valence-corrected chi connectivity index (χ3v) is 8.13. The van der Waals surface area contributed by atoms with Gasteiger partial charge in [0.05, 0.1) is 11.2 Å². The van der Waals surface area contributed by atoms with Gasteiger partial charge in [0.15, 0.2) is 5.67 Å². The third kappa shape index (κ3) is 4.98. The minimum Gasteiger partial charge on any atom is -0.404 e. The zero-order chi connectivity index (χ0) is 28.8. The second kappa shape index (κ2) is 10.1. The van der Waals surface area contributed by atoms with Gasteiger partial charge in [-0.2, -0.15) is 0 Å². The summed E-state index contributed by atoms with van der Waals surface area (Å²) in [6.45, 7) is 5.46. The molecule has 0 radical (unpaired) electrons. The van der Waals surface area contributed by atoms with E-state index in [4.69, 9.17) is 10.7 Å². The van der Waals surface area contributed by atoms with Crippen LogP contribution in [0.3, 0.4) is 0 Å². The van der Waals surface area contributed by atoms with Gasteiger partial charge in [0.2, 0.25) is 11.8 Å². The number of halogens is 1. The molecule has 3 aliphatic rings. The first kappa shape index (κ1) is 27.5. The smallest absolute Gasteiger partial charge is 0.259 e. The largest absolute Gasteiger partial charge is 0.404 e. The van der Waals surface area contributed by atoms with Crippen molar-refractivity contribution in [2.75, 3.05) is 18.0 Å². The van der Waals surface area contributed by atoms with Crippen molar-refractivity contribution in [3.63, 3.8) is 0 Å². The number of alkyl halides is 1. The molecule has 0 aromatic heterocycles. The van der Waals surface area contributed by atoms with Crippen LogP contribution < -0.4 is 16.0 Å². The van der Waals surface area contributed by atoms with Crippen LogP contribution in [-0.4, -0.2) is 65.1 Å². The third-order valence-electron chi connectivity index (χ3n) is 8.13. The van der Waals surface area contributed by atoms with E-state index < -0.39 is 29.1 Å². The molecule has 3 heterocycles. The number of imide groups is 1. The van der Waals surface area contributed by atoms with Crippen LogP contribution in [-0.2, 0) is 20.8 Å². The van der Waals surface area contributed by atoms with E-state index in [-0.39, 0.29) is 24.7 Å². The van der Waals surface area contributed by atoms with E-state index in [1.807, 2.05) is 31.2 Å². The SMILES string of the molecule is CC1(N=C/C(=C\N)Cc2ccc3c4c(cccc24)C(=O)N3C2CCC(=O)NC2=O)CCN(C(=O)C(C)(C)F)CC1. The number of nitrogens with two attached hydrogens (primary N) is 1. The molecule has 0 saturated carbocycles. The second-order valence-corrected chi connectivity index (χ2v) is 11.6. The Morgan fingerprint density at radius 2 is 1.93 bits per heavy atom. The number of allylic oxidation sites excluding steroid dienone is 1. The van der Waals surface area contributed by atoms with Crippen LogP contribution in [0.25, 0.3) is 10.8 Å². The zero-order valence-electron chi connectivity index (χ0n) is 23.0. The molecule has 5 rings (SSSR count). The Balaban J connectivity index is 1.35. The molecule has 0 bridgehead atoms. The van der Waals surface area contributed by atoms with Crippen molar-refractivity contribution in [2.24, 2.45) is 10.7 Å². The quantitative estimate of drug-likeness (QED) is 0.425. The Bertz CT molecular complexity index is 1470. The Kier molecular flexibility index (Phi) is 6.97. The number of nitrogens with zero attached hydrogens (tertiary/aromatic N) is 3. The lowest BCUT2D eigenvalue weighted by molar-refractivity contribution is -0.143. The van der Waals surface area contributed by atoms with Crippen molar-refractivity contribution >= 4 is 46.3 Å². The van der Waals surface area contributed by atoms with Gasteiger partial charge in [0.25, 0.3) is 11.8 Å². The monoisotopic (exact) mass is 547 g/mol. The van der Waals surface area contributed by atoms with Crippen LogP contribution in [0.4, 0.5) is 10.1 Å². The number of hydrogen-bond acceptors (Lipinski definition) is 6. The minimum atomic E-state index is -1.89. The number of rotatable bonds is 6. The average molecular weight is 548 g/mol. The molecular formula is C30H34FN5O4. The van der Waals surface area contributed by atoms with E-state index in [9.17, 15) is 23.6 Å². The first-order chi connectivity index (χ1) is 18.9. The lowest BCUT2D eigenvalue weighted by Crippen LogP contribution is -2.53. The highest BCUT2D eigenvalue weighted by atomic mass is 19.1. The number of likely N-dealkylation sites (tertiary alicyclic amines) is 1. The van der Waals surface area contributed by atoms with E-state index >= 15 is 0 Å². The Morgan fingerprint density at radius 3 is 2.58 bits per heavy atom. The number of aliphatic imine (C=N–C) groups is 1. The summed E-state index contributed by atoms with van der Waals surface area (Å²) in [4.78, 5) is 57.8. The van der Waals surface area contributed by atoms with Crippen LogP contribution in [0.1, 0.15) is 62.4 Å². The molecule has 9 nitrogen and oxygen atoms in total. The predicted octanol–water partition coefficient (Wildman–Crippen LogP) is 3.19. The second-order valence-electron chi connectivity index (χ2n) is 11.6. The molecule has 1 atom stereocenters. The molecule has 2 aromatic rings.